The van der Waals surface area contributed by atoms with Crippen LogP contribution in [0.4, 0.5) is 5.69 Å². The predicted octanol–water partition coefficient (Wildman–Crippen LogP) is 4.32. The van der Waals surface area contributed by atoms with Gasteiger partial charge in [0.2, 0.25) is 0 Å². The minimum Gasteiger partial charge on any atom is -0.465 e. The highest BCUT2D eigenvalue weighted by Gasteiger charge is 2.34. The summed E-state index contributed by atoms with van der Waals surface area (Å²) in [5, 5.41) is 16.6. The molecule has 2 aromatic rings. The summed E-state index contributed by atoms with van der Waals surface area (Å²) in [6.45, 7) is 3.85. The number of nitriles is 1. The molecule has 0 fully saturated rings. The van der Waals surface area contributed by atoms with Crippen molar-refractivity contribution in [1.29, 1.82) is 5.26 Å². The number of ether oxygens (including phenoxy) is 1. The largest absolute Gasteiger partial charge is 0.465 e. The van der Waals surface area contributed by atoms with Crippen LogP contribution in [0.25, 0.3) is 0 Å². The van der Waals surface area contributed by atoms with Gasteiger partial charge in [0.1, 0.15) is 0 Å². The Morgan fingerprint density at radius 2 is 1.77 bits per heavy atom. The second-order valence-electron chi connectivity index (χ2n) is 6.78. The van der Waals surface area contributed by atoms with Gasteiger partial charge in [-0.05, 0) is 31.5 Å². The maximum absolute atomic E-state index is 13.3. The lowest BCUT2D eigenvalue weighted by atomic mass is 9.82. The third kappa shape index (κ3) is 5.36. The van der Waals surface area contributed by atoms with Crippen molar-refractivity contribution in [2.45, 2.75) is 19.8 Å². The Hall–Kier alpha value is -3.50. The molecule has 2 aromatic carbocycles. The zero-order valence-electron chi connectivity index (χ0n) is 17.3. The zero-order chi connectivity index (χ0) is 22.2. The Balaban J connectivity index is 1.98. The van der Waals surface area contributed by atoms with Gasteiger partial charge in [-0.2, -0.15) is 5.26 Å². The lowest BCUT2D eigenvalue weighted by Gasteiger charge is -2.29. The standard InChI is InChI=1S/C24H23N3O3S/c1-3-30-20(28)15-31-24-19(14-25)22(17-10-6-4-7-11-17)21(16(2)26-24)23(29)27-18-12-8-5-9-13-18/h4-13,22,26H,3,15H2,1-2H3,(H,27,29). The van der Waals surface area contributed by atoms with Crippen molar-refractivity contribution >= 4 is 29.3 Å². The van der Waals surface area contributed by atoms with Crippen molar-refractivity contribution in [2.75, 3.05) is 17.7 Å². The van der Waals surface area contributed by atoms with Gasteiger partial charge < -0.3 is 15.4 Å². The van der Waals surface area contributed by atoms with Gasteiger partial charge in [0, 0.05) is 17.0 Å². The van der Waals surface area contributed by atoms with E-state index >= 15 is 0 Å². The number of nitrogens with one attached hydrogen (secondary N) is 2. The van der Waals surface area contributed by atoms with E-state index < -0.39 is 5.92 Å². The van der Waals surface area contributed by atoms with Gasteiger partial charge in [0.25, 0.3) is 5.91 Å². The van der Waals surface area contributed by atoms with Gasteiger partial charge in [0.15, 0.2) is 0 Å². The summed E-state index contributed by atoms with van der Waals surface area (Å²) in [6, 6.07) is 20.9. The number of allylic oxidation sites excluding steroid dienone is 2. The fraction of sp³-hybridized carbons (Fsp3) is 0.208. The molecule has 1 amide bonds. The minimum absolute atomic E-state index is 0.0711. The number of hydrogen-bond donors (Lipinski definition) is 2. The zero-order valence-corrected chi connectivity index (χ0v) is 18.2. The molecule has 0 aliphatic carbocycles. The Morgan fingerprint density at radius 3 is 2.39 bits per heavy atom. The van der Waals surface area contributed by atoms with E-state index in [1.165, 1.54) is 11.8 Å². The van der Waals surface area contributed by atoms with E-state index in [9.17, 15) is 14.9 Å². The Morgan fingerprint density at radius 1 is 1.13 bits per heavy atom. The number of esters is 1. The first-order chi connectivity index (χ1) is 15.0. The van der Waals surface area contributed by atoms with Gasteiger partial charge in [-0.1, -0.05) is 60.3 Å². The van der Waals surface area contributed by atoms with E-state index in [2.05, 4.69) is 16.7 Å². The average Bonchev–Trinajstić information content (AvgIpc) is 2.78. The van der Waals surface area contributed by atoms with Crippen LogP contribution >= 0.6 is 11.8 Å². The van der Waals surface area contributed by atoms with E-state index in [1.807, 2.05) is 60.7 Å². The number of benzene rings is 2. The summed E-state index contributed by atoms with van der Waals surface area (Å²) in [6.07, 6.45) is 0. The summed E-state index contributed by atoms with van der Waals surface area (Å²) >= 11 is 1.20. The van der Waals surface area contributed by atoms with E-state index in [1.54, 1.807) is 13.8 Å². The second-order valence-corrected chi connectivity index (χ2v) is 7.76. The maximum Gasteiger partial charge on any atom is 0.316 e. The van der Waals surface area contributed by atoms with Crippen LogP contribution in [0.1, 0.15) is 25.3 Å². The van der Waals surface area contributed by atoms with Gasteiger partial charge in [-0.15, -0.1) is 0 Å². The molecule has 1 heterocycles. The maximum atomic E-state index is 13.3. The molecule has 0 spiro atoms. The topological polar surface area (TPSA) is 91.2 Å². The number of rotatable bonds is 7. The number of para-hydroxylation sites is 1. The van der Waals surface area contributed by atoms with Crippen LogP contribution in [0.2, 0.25) is 0 Å². The molecule has 1 unspecified atom stereocenters. The molecule has 31 heavy (non-hydrogen) atoms. The van der Waals surface area contributed by atoms with E-state index in [-0.39, 0.29) is 17.6 Å². The molecular weight excluding hydrogens is 410 g/mol. The number of anilines is 1. The fourth-order valence-corrected chi connectivity index (χ4v) is 4.25. The summed E-state index contributed by atoms with van der Waals surface area (Å²) < 4.78 is 5.00. The second kappa shape index (κ2) is 10.5. The smallest absolute Gasteiger partial charge is 0.316 e. The normalized spacial score (nSPS) is 15.7. The Bertz CT molecular complexity index is 1060. The van der Waals surface area contributed by atoms with Crippen molar-refractivity contribution in [3.05, 3.63) is 88.1 Å². The lowest BCUT2D eigenvalue weighted by molar-refractivity contribution is -0.139. The van der Waals surface area contributed by atoms with Crippen molar-refractivity contribution in [1.82, 2.24) is 5.32 Å². The van der Waals surface area contributed by atoms with Crippen molar-refractivity contribution < 1.29 is 14.3 Å². The van der Waals surface area contributed by atoms with Crippen LogP contribution in [0.3, 0.4) is 0 Å². The first kappa shape index (κ1) is 22.2. The van der Waals surface area contributed by atoms with Crippen molar-refractivity contribution in [3.63, 3.8) is 0 Å². The van der Waals surface area contributed by atoms with E-state index in [0.29, 0.717) is 34.2 Å². The Labute approximate surface area is 186 Å². The molecule has 0 aromatic heterocycles. The summed E-state index contributed by atoms with van der Waals surface area (Å²) in [5.74, 6) is -1.13. The van der Waals surface area contributed by atoms with E-state index in [0.717, 1.165) is 5.56 Å². The van der Waals surface area contributed by atoms with Crippen LogP contribution in [0.5, 0.6) is 0 Å². The third-order valence-electron chi connectivity index (χ3n) is 4.70. The molecule has 0 radical (unpaired) electrons. The van der Waals surface area contributed by atoms with Gasteiger partial charge in [-0.3, -0.25) is 9.59 Å². The van der Waals surface area contributed by atoms with Gasteiger partial charge >= 0.3 is 5.97 Å². The molecule has 1 atom stereocenters. The van der Waals surface area contributed by atoms with Crippen LogP contribution in [0.15, 0.2) is 82.5 Å². The molecule has 1 aliphatic rings. The quantitative estimate of drug-likeness (QED) is 0.632. The highest BCUT2D eigenvalue weighted by Crippen LogP contribution is 2.40. The van der Waals surface area contributed by atoms with Crippen molar-refractivity contribution in [3.8, 4) is 6.07 Å². The number of amides is 1. The molecule has 2 N–H and O–H groups in total. The summed E-state index contributed by atoms with van der Waals surface area (Å²) in [7, 11) is 0. The molecule has 0 saturated carbocycles. The van der Waals surface area contributed by atoms with Crippen LogP contribution in [-0.2, 0) is 14.3 Å². The molecule has 3 rings (SSSR count). The third-order valence-corrected chi connectivity index (χ3v) is 5.69. The number of carbonyl (C=O) groups excluding carboxylic acids is 2. The van der Waals surface area contributed by atoms with Gasteiger partial charge in [-0.25, -0.2) is 0 Å². The van der Waals surface area contributed by atoms with Crippen molar-refractivity contribution in [2.24, 2.45) is 0 Å². The molecule has 0 bridgehead atoms. The molecule has 158 valence electrons. The molecule has 7 heteroatoms. The first-order valence-corrected chi connectivity index (χ1v) is 10.9. The first-order valence-electron chi connectivity index (χ1n) is 9.87. The number of thioether (sulfide) groups is 1. The van der Waals surface area contributed by atoms with E-state index in [4.69, 9.17) is 4.74 Å². The van der Waals surface area contributed by atoms with Crippen LogP contribution in [-0.4, -0.2) is 24.2 Å². The van der Waals surface area contributed by atoms with Gasteiger partial charge in [0.05, 0.1) is 34.9 Å². The summed E-state index contributed by atoms with van der Waals surface area (Å²) in [5.41, 5.74) is 2.99. The monoisotopic (exact) mass is 433 g/mol. The minimum atomic E-state index is -0.555. The SMILES string of the molecule is CCOC(=O)CSC1=C(C#N)C(c2ccccc2)C(C(=O)Nc2ccccc2)=C(C)N1. The van der Waals surface area contributed by atoms with Crippen LogP contribution in [0, 0.1) is 11.3 Å². The Kier molecular flexibility index (Phi) is 7.52. The number of carbonyl (C=O) groups is 2. The lowest BCUT2D eigenvalue weighted by Crippen LogP contribution is -2.31. The highest BCUT2D eigenvalue weighted by atomic mass is 32.2. The molecular formula is C24H23N3O3S. The highest BCUT2D eigenvalue weighted by molar-refractivity contribution is 8.03. The molecule has 6 nitrogen and oxygen atoms in total. The number of hydrogen-bond acceptors (Lipinski definition) is 6. The molecule has 1 aliphatic heterocycles. The summed E-state index contributed by atoms with van der Waals surface area (Å²) in [4.78, 5) is 25.1. The average molecular weight is 434 g/mol. The number of dihydropyridines is 1. The molecule has 0 saturated heterocycles. The number of nitrogens with zero attached hydrogens (tertiary/aromatic N) is 1. The van der Waals surface area contributed by atoms with Crippen LogP contribution < -0.4 is 10.6 Å². The predicted molar refractivity (Wildman–Crippen MR) is 122 cm³/mol. The fourth-order valence-electron chi connectivity index (χ4n) is 3.36.